The fourth-order valence-electron chi connectivity index (χ4n) is 2.29. The van der Waals surface area contributed by atoms with Crippen LogP contribution in [0.3, 0.4) is 0 Å². The van der Waals surface area contributed by atoms with Crippen molar-refractivity contribution in [3.8, 4) is 5.69 Å². The number of para-hydroxylation sites is 1. The van der Waals surface area contributed by atoms with Crippen molar-refractivity contribution in [3.05, 3.63) is 60.2 Å². The van der Waals surface area contributed by atoms with Gasteiger partial charge in [-0.05, 0) is 47.2 Å². The first kappa shape index (κ1) is 16.4. The van der Waals surface area contributed by atoms with Crippen LogP contribution in [0, 0.1) is 6.92 Å². The Morgan fingerprint density at radius 2 is 1.92 bits per heavy atom. The maximum atomic E-state index is 11.9. The number of hydrogen-bond donors (Lipinski definition) is 3. The minimum Gasteiger partial charge on any atom is -0.351 e. The summed E-state index contributed by atoms with van der Waals surface area (Å²) in [6.07, 6.45) is 0. The van der Waals surface area contributed by atoms with Crippen molar-refractivity contribution < 1.29 is 4.79 Å². The number of nitrogens with zero attached hydrogens (tertiary/aromatic N) is 4. The fourth-order valence-corrected chi connectivity index (χ4v) is 2.29. The maximum absolute atomic E-state index is 11.9. The minimum absolute atomic E-state index is 0.255. The van der Waals surface area contributed by atoms with Gasteiger partial charge in [0.15, 0.2) is 0 Å². The van der Waals surface area contributed by atoms with E-state index in [1.165, 1.54) is 0 Å². The molecule has 3 rings (SSSR count). The van der Waals surface area contributed by atoms with Gasteiger partial charge in [-0.2, -0.15) is 4.68 Å². The van der Waals surface area contributed by atoms with Crippen LogP contribution in [0.15, 0.2) is 54.6 Å². The summed E-state index contributed by atoms with van der Waals surface area (Å²) < 4.78 is 1.60. The molecular weight excluding hydrogens is 318 g/mol. The predicted octanol–water partition coefficient (Wildman–Crippen LogP) is 2.20. The molecule has 0 atom stereocenters. The van der Waals surface area contributed by atoms with E-state index in [9.17, 15) is 4.79 Å². The Balaban J connectivity index is 1.46. The molecule has 1 heterocycles. The summed E-state index contributed by atoms with van der Waals surface area (Å²) in [5.41, 5.74) is 2.71. The summed E-state index contributed by atoms with van der Waals surface area (Å²) in [5.74, 6) is 0.520. The number of anilines is 2. The zero-order chi connectivity index (χ0) is 17.5. The topological polar surface area (TPSA) is 96.8 Å². The molecule has 2 amide bonds. The second kappa shape index (κ2) is 7.91. The van der Waals surface area contributed by atoms with Gasteiger partial charge in [0.25, 0.3) is 0 Å². The molecule has 8 heteroatoms. The van der Waals surface area contributed by atoms with E-state index >= 15 is 0 Å². The minimum atomic E-state index is -0.255. The summed E-state index contributed by atoms with van der Waals surface area (Å²) in [5, 5.41) is 20.3. The van der Waals surface area contributed by atoms with Crippen molar-refractivity contribution in [1.82, 2.24) is 25.5 Å². The predicted molar refractivity (Wildman–Crippen MR) is 95.8 cm³/mol. The maximum Gasteiger partial charge on any atom is 0.319 e. The number of benzene rings is 2. The van der Waals surface area contributed by atoms with Gasteiger partial charge in [0.05, 0.1) is 5.69 Å². The first-order valence-electron chi connectivity index (χ1n) is 7.91. The molecule has 3 N–H and O–H groups in total. The Hall–Kier alpha value is -3.42. The van der Waals surface area contributed by atoms with Gasteiger partial charge in [-0.25, -0.2) is 4.79 Å². The number of carbonyl (C=O) groups excluding carboxylic acids is 1. The number of urea groups is 1. The smallest absolute Gasteiger partial charge is 0.319 e. The number of aryl methyl sites for hydroxylation is 1. The average Bonchev–Trinajstić information content (AvgIpc) is 3.08. The van der Waals surface area contributed by atoms with Crippen molar-refractivity contribution in [3.63, 3.8) is 0 Å². The Bertz CT molecular complexity index is 832. The molecule has 0 saturated carbocycles. The van der Waals surface area contributed by atoms with Crippen LogP contribution >= 0.6 is 0 Å². The normalized spacial score (nSPS) is 10.3. The highest BCUT2D eigenvalue weighted by Gasteiger charge is 2.07. The molecule has 0 saturated heterocycles. The van der Waals surface area contributed by atoms with Gasteiger partial charge in [0.1, 0.15) is 0 Å². The van der Waals surface area contributed by atoms with Crippen molar-refractivity contribution in [2.45, 2.75) is 6.92 Å². The van der Waals surface area contributed by atoms with Crippen molar-refractivity contribution >= 4 is 17.7 Å². The van der Waals surface area contributed by atoms with Crippen molar-refractivity contribution in [2.24, 2.45) is 0 Å². The second-order valence-corrected chi connectivity index (χ2v) is 5.43. The molecule has 0 unspecified atom stereocenters. The lowest BCUT2D eigenvalue weighted by Crippen LogP contribution is -2.33. The lowest BCUT2D eigenvalue weighted by atomic mass is 10.2. The molecule has 3 aromatic rings. The van der Waals surface area contributed by atoms with Gasteiger partial charge >= 0.3 is 6.03 Å². The van der Waals surface area contributed by atoms with Crippen LogP contribution < -0.4 is 16.0 Å². The Morgan fingerprint density at radius 3 is 2.72 bits per heavy atom. The van der Waals surface area contributed by atoms with Crippen molar-refractivity contribution in [2.75, 3.05) is 23.7 Å². The molecule has 0 aliphatic carbocycles. The highest BCUT2D eigenvalue weighted by molar-refractivity contribution is 5.89. The zero-order valence-corrected chi connectivity index (χ0v) is 13.8. The number of hydrogen-bond acceptors (Lipinski definition) is 5. The highest BCUT2D eigenvalue weighted by atomic mass is 16.2. The van der Waals surface area contributed by atoms with Crippen LogP contribution in [0.25, 0.3) is 5.69 Å². The molecular formula is C17H19N7O. The van der Waals surface area contributed by atoms with E-state index in [-0.39, 0.29) is 6.03 Å². The van der Waals surface area contributed by atoms with Crippen LogP contribution in [0.5, 0.6) is 0 Å². The third kappa shape index (κ3) is 4.54. The summed E-state index contributed by atoms with van der Waals surface area (Å²) in [6, 6.07) is 17.0. The molecule has 0 aliphatic rings. The van der Waals surface area contributed by atoms with E-state index in [0.29, 0.717) is 19.0 Å². The highest BCUT2D eigenvalue weighted by Crippen LogP contribution is 2.10. The first-order chi connectivity index (χ1) is 12.2. The summed E-state index contributed by atoms with van der Waals surface area (Å²) in [7, 11) is 0. The molecule has 2 aromatic carbocycles. The summed E-state index contributed by atoms with van der Waals surface area (Å²) in [6.45, 7) is 2.90. The van der Waals surface area contributed by atoms with Crippen molar-refractivity contribution in [1.29, 1.82) is 0 Å². The van der Waals surface area contributed by atoms with Gasteiger partial charge in [0, 0.05) is 18.8 Å². The molecule has 8 nitrogen and oxygen atoms in total. The number of aromatic nitrogens is 4. The molecule has 0 aliphatic heterocycles. The SMILES string of the molecule is Cc1cccc(NC(=O)NCCNc2nnnn2-c2ccccc2)c1. The molecule has 128 valence electrons. The Kier molecular flexibility index (Phi) is 5.20. The molecule has 25 heavy (non-hydrogen) atoms. The molecule has 0 fully saturated rings. The zero-order valence-electron chi connectivity index (χ0n) is 13.8. The number of amides is 2. The van der Waals surface area contributed by atoms with Crippen LogP contribution in [0.2, 0.25) is 0 Å². The van der Waals surface area contributed by atoms with Gasteiger partial charge in [-0.1, -0.05) is 35.4 Å². The van der Waals surface area contributed by atoms with E-state index in [1.807, 2.05) is 61.5 Å². The van der Waals surface area contributed by atoms with E-state index in [2.05, 4.69) is 31.5 Å². The van der Waals surface area contributed by atoms with Gasteiger partial charge in [0.2, 0.25) is 5.95 Å². The lowest BCUT2D eigenvalue weighted by molar-refractivity contribution is 0.252. The fraction of sp³-hybridized carbons (Fsp3) is 0.176. The first-order valence-corrected chi connectivity index (χ1v) is 7.91. The van der Waals surface area contributed by atoms with E-state index in [4.69, 9.17) is 0 Å². The number of nitrogens with one attached hydrogen (secondary N) is 3. The third-order valence-corrected chi connectivity index (χ3v) is 3.44. The number of carbonyl (C=O) groups is 1. The van der Waals surface area contributed by atoms with E-state index in [0.717, 1.165) is 16.9 Å². The van der Waals surface area contributed by atoms with Crippen LogP contribution in [0.1, 0.15) is 5.56 Å². The number of tetrazole rings is 1. The quantitative estimate of drug-likeness (QED) is 0.599. The summed E-state index contributed by atoms with van der Waals surface area (Å²) >= 11 is 0. The van der Waals surface area contributed by atoms with E-state index < -0.39 is 0 Å². The largest absolute Gasteiger partial charge is 0.351 e. The van der Waals surface area contributed by atoms with Crippen LogP contribution in [0.4, 0.5) is 16.4 Å². The van der Waals surface area contributed by atoms with Gasteiger partial charge in [-0.15, -0.1) is 0 Å². The average molecular weight is 337 g/mol. The Morgan fingerprint density at radius 1 is 1.08 bits per heavy atom. The molecule has 1 aromatic heterocycles. The third-order valence-electron chi connectivity index (χ3n) is 3.44. The Labute approximate surface area is 145 Å². The summed E-state index contributed by atoms with van der Waals surface area (Å²) in [4.78, 5) is 11.9. The molecule has 0 spiro atoms. The second-order valence-electron chi connectivity index (χ2n) is 5.43. The molecule has 0 radical (unpaired) electrons. The standard InChI is InChI=1S/C17H19N7O/c1-13-6-5-7-14(12-13)20-17(25)19-11-10-18-16-21-22-23-24(16)15-8-3-2-4-9-15/h2-9,12H,10-11H2,1H3,(H,18,21,23)(H2,19,20,25). The van der Waals surface area contributed by atoms with Gasteiger partial charge < -0.3 is 16.0 Å². The van der Waals surface area contributed by atoms with Crippen LogP contribution in [-0.2, 0) is 0 Å². The van der Waals surface area contributed by atoms with Gasteiger partial charge in [-0.3, -0.25) is 0 Å². The molecule has 0 bridgehead atoms. The van der Waals surface area contributed by atoms with E-state index in [1.54, 1.807) is 4.68 Å². The monoisotopic (exact) mass is 337 g/mol. The lowest BCUT2D eigenvalue weighted by Gasteiger charge is -2.09. The van der Waals surface area contributed by atoms with Crippen LogP contribution in [-0.4, -0.2) is 39.3 Å². The number of rotatable bonds is 6.